The van der Waals surface area contributed by atoms with E-state index in [0.29, 0.717) is 17.4 Å². The van der Waals surface area contributed by atoms with Crippen molar-refractivity contribution in [2.45, 2.75) is 44.4 Å². The molecule has 2 rings (SSSR count). The Hall–Kier alpha value is -1.45. The molecule has 27 heavy (non-hydrogen) atoms. The Kier molecular flexibility index (Phi) is 7.41. The molecule has 0 saturated heterocycles. The summed E-state index contributed by atoms with van der Waals surface area (Å²) in [4.78, 5) is 15.3. The molecule has 0 radical (unpaired) electrons. The number of aryl methyl sites for hydroxylation is 1. The molecule has 2 atom stereocenters. The number of nitrogens with zero attached hydrogens (tertiary/aromatic N) is 1. The summed E-state index contributed by atoms with van der Waals surface area (Å²) in [6, 6.07) is 8.55. The van der Waals surface area contributed by atoms with Crippen molar-refractivity contribution in [2.75, 3.05) is 6.54 Å². The van der Waals surface area contributed by atoms with Crippen LogP contribution in [0.25, 0.3) is 0 Å². The van der Waals surface area contributed by atoms with Crippen molar-refractivity contribution in [1.82, 2.24) is 9.62 Å². The number of carbonyl (C=O) groups excluding carboxylic acids is 1. The van der Waals surface area contributed by atoms with Gasteiger partial charge in [-0.2, -0.15) is 4.72 Å². The highest BCUT2D eigenvalue weighted by Gasteiger charge is 2.32. The second-order valence-corrected chi connectivity index (χ2v) is 9.72. The van der Waals surface area contributed by atoms with Crippen molar-refractivity contribution >= 4 is 38.9 Å². The Bertz CT molecular complexity index is 879. The van der Waals surface area contributed by atoms with E-state index < -0.39 is 28.1 Å². The molecule has 1 heterocycles. The van der Waals surface area contributed by atoms with Gasteiger partial charge in [-0.25, -0.2) is 8.42 Å². The summed E-state index contributed by atoms with van der Waals surface area (Å²) >= 11 is 7.28. The number of halogens is 1. The first-order chi connectivity index (χ1) is 12.6. The Morgan fingerprint density at radius 2 is 1.89 bits per heavy atom. The smallest absolute Gasteiger partial charge is 0.243 e. The number of thiophene rings is 1. The molecule has 1 aromatic carbocycles. The Morgan fingerprint density at radius 1 is 1.26 bits per heavy atom. The second kappa shape index (κ2) is 9.16. The molecule has 148 valence electrons. The molecule has 2 aromatic rings. The quantitative estimate of drug-likeness (QED) is 0.674. The van der Waals surface area contributed by atoms with E-state index in [4.69, 9.17) is 11.6 Å². The number of carbonyl (C=O) groups is 1. The lowest BCUT2D eigenvalue weighted by molar-refractivity contribution is -0.135. The van der Waals surface area contributed by atoms with E-state index in [2.05, 4.69) is 4.72 Å². The monoisotopic (exact) mass is 430 g/mol. The van der Waals surface area contributed by atoms with Gasteiger partial charge >= 0.3 is 0 Å². The van der Waals surface area contributed by atoms with Gasteiger partial charge in [-0.05, 0) is 45.0 Å². The highest BCUT2D eigenvalue weighted by Crippen LogP contribution is 2.23. The molecular weight excluding hydrogens is 408 g/mol. The van der Waals surface area contributed by atoms with Crippen LogP contribution in [-0.2, 0) is 21.4 Å². The topological polar surface area (TPSA) is 86.7 Å². The van der Waals surface area contributed by atoms with Crippen LogP contribution < -0.4 is 4.72 Å². The average Bonchev–Trinajstić information content (AvgIpc) is 3.02. The van der Waals surface area contributed by atoms with E-state index in [1.165, 1.54) is 35.3 Å². The van der Waals surface area contributed by atoms with Gasteiger partial charge in [0.1, 0.15) is 6.04 Å². The number of hydrogen-bond donors (Lipinski definition) is 2. The van der Waals surface area contributed by atoms with Crippen LogP contribution >= 0.6 is 22.9 Å². The maximum Gasteiger partial charge on any atom is 0.243 e. The fraction of sp³-hybridized carbons (Fsp3) is 0.389. The van der Waals surface area contributed by atoms with Gasteiger partial charge in [0.15, 0.2) is 0 Å². The number of aliphatic hydroxyl groups is 1. The summed E-state index contributed by atoms with van der Waals surface area (Å²) in [6.45, 7) is 5.69. The highest BCUT2D eigenvalue weighted by molar-refractivity contribution is 7.89. The van der Waals surface area contributed by atoms with Gasteiger partial charge in [0.25, 0.3) is 0 Å². The lowest BCUT2D eigenvalue weighted by Gasteiger charge is -2.28. The SMILES string of the molecule is CCN(Cc1ccc(Cl)s1)C(=O)C(NS(=O)(=O)c1ccc(C)cc1)C(C)O. The lowest BCUT2D eigenvalue weighted by atomic mass is 10.1. The van der Waals surface area contributed by atoms with Crippen molar-refractivity contribution < 1.29 is 18.3 Å². The van der Waals surface area contributed by atoms with Crippen molar-refractivity contribution in [3.63, 3.8) is 0 Å². The Morgan fingerprint density at radius 3 is 2.37 bits per heavy atom. The molecule has 0 aliphatic carbocycles. The van der Waals surface area contributed by atoms with Crippen LogP contribution in [0, 0.1) is 6.92 Å². The molecule has 0 aliphatic heterocycles. The third kappa shape index (κ3) is 5.76. The van der Waals surface area contributed by atoms with Crippen molar-refractivity contribution in [2.24, 2.45) is 0 Å². The number of rotatable bonds is 8. The molecule has 9 heteroatoms. The first-order valence-corrected chi connectivity index (χ1v) is 11.1. The van der Waals surface area contributed by atoms with Crippen LogP contribution in [0.5, 0.6) is 0 Å². The number of nitrogens with one attached hydrogen (secondary N) is 1. The number of aliphatic hydroxyl groups excluding tert-OH is 1. The first-order valence-electron chi connectivity index (χ1n) is 8.44. The van der Waals surface area contributed by atoms with Crippen LogP contribution in [0.4, 0.5) is 0 Å². The van der Waals surface area contributed by atoms with Gasteiger partial charge < -0.3 is 10.0 Å². The normalized spacial score (nSPS) is 14.0. The number of amides is 1. The van der Waals surface area contributed by atoms with Crippen LogP contribution in [0.3, 0.4) is 0 Å². The van der Waals surface area contributed by atoms with Crippen molar-refractivity contribution in [3.05, 3.63) is 51.2 Å². The summed E-state index contributed by atoms with van der Waals surface area (Å²) in [6.07, 6.45) is -1.20. The van der Waals surface area contributed by atoms with Crippen molar-refractivity contribution in [3.8, 4) is 0 Å². The van der Waals surface area contributed by atoms with E-state index in [-0.39, 0.29) is 4.90 Å². The molecule has 0 bridgehead atoms. The molecule has 1 aromatic heterocycles. The zero-order chi connectivity index (χ0) is 20.2. The minimum atomic E-state index is -3.95. The Balaban J connectivity index is 2.21. The molecule has 0 fully saturated rings. The third-order valence-electron chi connectivity index (χ3n) is 4.03. The summed E-state index contributed by atoms with van der Waals surface area (Å²) in [5.41, 5.74) is 0.920. The van der Waals surface area contributed by atoms with E-state index in [0.717, 1.165) is 10.4 Å². The first kappa shape index (κ1) is 21.8. The number of likely N-dealkylation sites (N-methyl/N-ethyl adjacent to an activating group) is 1. The van der Waals surface area contributed by atoms with E-state index in [1.807, 2.05) is 13.0 Å². The summed E-state index contributed by atoms with van der Waals surface area (Å²) in [5.74, 6) is -0.493. The number of benzene rings is 1. The van der Waals surface area contributed by atoms with Gasteiger partial charge in [0, 0.05) is 11.4 Å². The molecule has 0 saturated carbocycles. The van der Waals surface area contributed by atoms with Crippen molar-refractivity contribution in [1.29, 1.82) is 0 Å². The molecule has 2 N–H and O–H groups in total. The minimum absolute atomic E-state index is 0.0413. The molecule has 0 spiro atoms. The highest BCUT2D eigenvalue weighted by atomic mass is 35.5. The van der Waals surface area contributed by atoms with E-state index in [9.17, 15) is 18.3 Å². The van der Waals surface area contributed by atoms with Crippen LogP contribution in [0.2, 0.25) is 4.34 Å². The van der Waals surface area contributed by atoms with Crippen LogP contribution in [0.1, 0.15) is 24.3 Å². The van der Waals surface area contributed by atoms with Gasteiger partial charge in [0.2, 0.25) is 15.9 Å². The molecule has 1 amide bonds. The van der Waals surface area contributed by atoms with Gasteiger partial charge in [-0.15, -0.1) is 11.3 Å². The third-order valence-corrected chi connectivity index (χ3v) is 6.70. The van der Waals surface area contributed by atoms with E-state index in [1.54, 1.807) is 25.1 Å². The Labute approximate surface area is 168 Å². The predicted molar refractivity (Wildman–Crippen MR) is 107 cm³/mol. The summed E-state index contributed by atoms with van der Waals surface area (Å²) in [5, 5.41) is 10.1. The van der Waals surface area contributed by atoms with Crippen LogP contribution in [0.15, 0.2) is 41.3 Å². The van der Waals surface area contributed by atoms with Gasteiger partial charge in [0.05, 0.1) is 21.9 Å². The second-order valence-electron chi connectivity index (χ2n) is 6.21. The summed E-state index contributed by atoms with van der Waals surface area (Å²) < 4.78 is 28.2. The number of hydrogen-bond acceptors (Lipinski definition) is 5. The fourth-order valence-electron chi connectivity index (χ4n) is 2.47. The fourth-order valence-corrected chi connectivity index (χ4v) is 4.84. The minimum Gasteiger partial charge on any atom is -0.391 e. The van der Waals surface area contributed by atoms with Crippen LogP contribution in [-0.4, -0.2) is 43.0 Å². The predicted octanol–water partition coefficient (Wildman–Crippen LogP) is 2.79. The zero-order valence-corrected chi connectivity index (χ0v) is 17.7. The van der Waals surface area contributed by atoms with E-state index >= 15 is 0 Å². The maximum absolute atomic E-state index is 12.9. The standard InChI is InChI=1S/C18H23ClN2O4S2/c1-4-21(11-14-7-10-16(19)26-14)18(23)17(13(3)22)20-27(24,25)15-8-5-12(2)6-9-15/h5-10,13,17,20,22H,4,11H2,1-3H3. The molecule has 0 aliphatic rings. The van der Waals surface area contributed by atoms with Gasteiger partial charge in [-0.3, -0.25) is 4.79 Å². The number of sulfonamides is 1. The largest absolute Gasteiger partial charge is 0.391 e. The molecule has 2 unspecified atom stereocenters. The maximum atomic E-state index is 12.9. The van der Waals surface area contributed by atoms with Gasteiger partial charge in [-0.1, -0.05) is 29.3 Å². The zero-order valence-electron chi connectivity index (χ0n) is 15.3. The average molecular weight is 431 g/mol. The molecule has 6 nitrogen and oxygen atoms in total. The summed E-state index contributed by atoms with van der Waals surface area (Å²) in [7, 11) is -3.95. The lowest BCUT2D eigenvalue weighted by Crippen LogP contribution is -2.53. The molecular formula is C18H23ClN2O4S2.